The van der Waals surface area contributed by atoms with Crippen LogP contribution in [0.1, 0.15) is 43.5 Å². The number of para-hydroxylation sites is 1. The monoisotopic (exact) mass is 250 g/mol. The van der Waals surface area contributed by atoms with E-state index in [1.54, 1.807) is 6.07 Å². The van der Waals surface area contributed by atoms with Gasteiger partial charge in [-0.1, -0.05) is 6.07 Å². The number of carbonyl (C=O) groups excluding carboxylic acids is 1. The van der Waals surface area contributed by atoms with Crippen molar-refractivity contribution in [2.24, 2.45) is 0 Å². The third kappa shape index (κ3) is 2.19. The van der Waals surface area contributed by atoms with Gasteiger partial charge in [0.1, 0.15) is 5.82 Å². The number of likely N-dealkylation sites (tertiary alicyclic amines) is 1. The van der Waals surface area contributed by atoms with Gasteiger partial charge in [0, 0.05) is 12.1 Å². The maximum atomic E-state index is 13.4. The van der Waals surface area contributed by atoms with Gasteiger partial charge in [0.2, 0.25) is 0 Å². The van der Waals surface area contributed by atoms with Crippen LogP contribution >= 0.6 is 0 Å². The maximum absolute atomic E-state index is 13.4. The molecule has 1 fully saturated rings. The van der Waals surface area contributed by atoms with E-state index >= 15 is 0 Å². The Hall–Kier alpha value is -1.58. The molecule has 0 spiro atoms. The second-order valence-corrected chi connectivity index (χ2v) is 5.04. The summed E-state index contributed by atoms with van der Waals surface area (Å²) in [6.07, 6.45) is 3.11. The molecular formula is C14H19FN2O. The van der Waals surface area contributed by atoms with E-state index in [1.807, 2.05) is 18.7 Å². The van der Waals surface area contributed by atoms with Crippen molar-refractivity contribution in [3.05, 3.63) is 29.6 Å². The van der Waals surface area contributed by atoms with Crippen LogP contribution in [0, 0.1) is 5.82 Å². The van der Waals surface area contributed by atoms with E-state index in [0.29, 0.717) is 0 Å². The van der Waals surface area contributed by atoms with Crippen LogP contribution in [-0.2, 0) is 0 Å². The predicted molar refractivity (Wildman–Crippen MR) is 69.8 cm³/mol. The lowest BCUT2D eigenvalue weighted by Crippen LogP contribution is -2.47. The van der Waals surface area contributed by atoms with Crippen molar-refractivity contribution < 1.29 is 9.18 Å². The number of piperidine rings is 1. The van der Waals surface area contributed by atoms with Crippen LogP contribution in [0.3, 0.4) is 0 Å². The quantitative estimate of drug-likeness (QED) is 0.779. The number of nitrogen functional groups attached to an aromatic ring is 1. The lowest BCUT2D eigenvalue weighted by Gasteiger charge is -2.39. The van der Waals surface area contributed by atoms with E-state index in [4.69, 9.17) is 5.73 Å². The minimum Gasteiger partial charge on any atom is -0.396 e. The van der Waals surface area contributed by atoms with Gasteiger partial charge in [-0.05, 0) is 45.2 Å². The summed E-state index contributed by atoms with van der Waals surface area (Å²) in [5, 5.41) is 0. The summed E-state index contributed by atoms with van der Waals surface area (Å²) < 4.78 is 13.4. The molecule has 1 saturated heterocycles. The standard InChI is InChI=1S/C14H19FN2O/c1-9-5-3-6-10(2)17(9)14(18)11-7-4-8-12(15)13(11)16/h4,7-10H,3,5-6,16H2,1-2H3/t9-,10+. The fourth-order valence-corrected chi connectivity index (χ4v) is 2.68. The molecule has 2 N–H and O–H groups in total. The van der Waals surface area contributed by atoms with E-state index in [0.717, 1.165) is 19.3 Å². The lowest BCUT2D eigenvalue weighted by atomic mass is 9.96. The minimum absolute atomic E-state index is 0.0486. The summed E-state index contributed by atoms with van der Waals surface area (Å²) in [6.45, 7) is 4.06. The predicted octanol–water partition coefficient (Wildman–Crippen LogP) is 2.81. The molecule has 3 nitrogen and oxygen atoms in total. The summed E-state index contributed by atoms with van der Waals surface area (Å²) in [5.41, 5.74) is 5.88. The number of carbonyl (C=O) groups is 1. The van der Waals surface area contributed by atoms with E-state index in [2.05, 4.69) is 0 Å². The molecule has 0 aromatic heterocycles. The second kappa shape index (κ2) is 4.96. The molecule has 18 heavy (non-hydrogen) atoms. The molecule has 1 aliphatic heterocycles. The van der Waals surface area contributed by atoms with Crippen molar-refractivity contribution in [1.29, 1.82) is 0 Å². The Morgan fingerprint density at radius 3 is 2.56 bits per heavy atom. The Kier molecular flexibility index (Phi) is 3.55. The summed E-state index contributed by atoms with van der Waals surface area (Å²) in [4.78, 5) is 14.3. The average Bonchev–Trinajstić information content (AvgIpc) is 2.32. The van der Waals surface area contributed by atoms with Crippen LogP contribution in [0.15, 0.2) is 18.2 Å². The van der Waals surface area contributed by atoms with Crippen LogP contribution in [0.4, 0.5) is 10.1 Å². The summed E-state index contributed by atoms with van der Waals surface area (Å²) >= 11 is 0. The van der Waals surface area contributed by atoms with Crippen LogP contribution in [0.2, 0.25) is 0 Å². The molecule has 1 aliphatic rings. The first-order valence-corrected chi connectivity index (χ1v) is 6.39. The molecule has 0 radical (unpaired) electrons. The van der Waals surface area contributed by atoms with E-state index in [9.17, 15) is 9.18 Å². The fourth-order valence-electron chi connectivity index (χ4n) is 2.68. The number of amides is 1. The number of nitrogens with zero attached hydrogens (tertiary/aromatic N) is 1. The Bertz CT molecular complexity index is 451. The molecule has 2 atom stereocenters. The summed E-state index contributed by atoms with van der Waals surface area (Å²) in [7, 11) is 0. The van der Waals surface area contributed by atoms with Crippen LogP contribution in [0.5, 0.6) is 0 Å². The molecule has 1 aromatic carbocycles. The number of hydrogen-bond acceptors (Lipinski definition) is 2. The van der Waals surface area contributed by atoms with Gasteiger partial charge in [0.25, 0.3) is 5.91 Å². The molecule has 1 aromatic rings. The molecule has 0 unspecified atom stereocenters. The molecule has 2 rings (SSSR count). The van der Waals surface area contributed by atoms with Crippen LogP contribution in [0.25, 0.3) is 0 Å². The molecule has 1 amide bonds. The molecular weight excluding hydrogens is 231 g/mol. The van der Waals surface area contributed by atoms with Gasteiger partial charge in [-0.2, -0.15) is 0 Å². The minimum atomic E-state index is -0.529. The Morgan fingerprint density at radius 1 is 1.33 bits per heavy atom. The highest BCUT2D eigenvalue weighted by Gasteiger charge is 2.30. The Labute approximate surface area is 107 Å². The lowest BCUT2D eigenvalue weighted by molar-refractivity contribution is 0.0511. The summed E-state index contributed by atoms with van der Waals surface area (Å²) in [5.74, 6) is -0.690. The first kappa shape index (κ1) is 12.9. The number of rotatable bonds is 1. The van der Waals surface area contributed by atoms with E-state index < -0.39 is 5.82 Å². The number of hydrogen-bond donors (Lipinski definition) is 1. The van der Waals surface area contributed by atoms with Gasteiger partial charge < -0.3 is 10.6 Å². The van der Waals surface area contributed by atoms with Crippen molar-refractivity contribution in [3.8, 4) is 0 Å². The third-order valence-electron chi connectivity index (χ3n) is 3.71. The summed E-state index contributed by atoms with van der Waals surface area (Å²) in [6, 6.07) is 4.76. The van der Waals surface area contributed by atoms with Gasteiger partial charge in [0.15, 0.2) is 0 Å². The third-order valence-corrected chi connectivity index (χ3v) is 3.71. The van der Waals surface area contributed by atoms with Gasteiger partial charge >= 0.3 is 0 Å². The van der Waals surface area contributed by atoms with Crippen LogP contribution < -0.4 is 5.73 Å². The maximum Gasteiger partial charge on any atom is 0.256 e. The zero-order valence-corrected chi connectivity index (χ0v) is 10.8. The number of nitrogens with two attached hydrogens (primary N) is 1. The fraction of sp³-hybridized carbons (Fsp3) is 0.500. The Balaban J connectivity index is 2.32. The largest absolute Gasteiger partial charge is 0.396 e. The van der Waals surface area contributed by atoms with E-state index in [1.165, 1.54) is 12.1 Å². The van der Waals surface area contributed by atoms with Gasteiger partial charge in [0.05, 0.1) is 11.3 Å². The molecule has 4 heteroatoms. The highest BCUT2D eigenvalue weighted by atomic mass is 19.1. The SMILES string of the molecule is C[C@@H]1CCC[C@H](C)N1C(=O)c1cccc(F)c1N. The smallest absolute Gasteiger partial charge is 0.256 e. The molecule has 98 valence electrons. The van der Waals surface area contributed by atoms with Crippen molar-refractivity contribution in [1.82, 2.24) is 4.90 Å². The van der Waals surface area contributed by atoms with Crippen molar-refractivity contribution in [2.45, 2.75) is 45.2 Å². The highest BCUT2D eigenvalue weighted by molar-refractivity contribution is 5.99. The number of anilines is 1. The Morgan fingerprint density at radius 2 is 1.94 bits per heavy atom. The molecule has 0 saturated carbocycles. The van der Waals surface area contributed by atoms with Gasteiger partial charge in [-0.15, -0.1) is 0 Å². The molecule has 0 bridgehead atoms. The molecule has 0 aliphatic carbocycles. The van der Waals surface area contributed by atoms with E-state index in [-0.39, 0.29) is 29.2 Å². The first-order valence-electron chi connectivity index (χ1n) is 6.39. The highest BCUT2D eigenvalue weighted by Crippen LogP contribution is 2.26. The first-order chi connectivity index (χ1) is 8.52. The normalized spacial score (nSPS) is 24.1. The number of benzene rings is 1. The zero-order chi connectivity index (χ0) is 13.3. The number of halogens is 1. The van der Waals surface area contributed by atoms with Gasteiger partial charge in [-0.25, -0.2) is 4.39 Å². The molecule has 1 heterocycles. The van der Waals surface area contributed by atoms with Crippen molar-refractivity contribution in [2.75, 3.05) is 5.73 Å². The topological polar surface area (TPSA) is 46.3 Å². The van der Waals surface area contributed by atoms with Crippen molar-refractivity contribution in [3.63, 3.8) is 0 Å². The van der Waals surface area contributed by atoms with Crippen LogP contribution in [-0.4, -0.2) is 22.9 Å². The second-order valence-electron chi connectivity index (χ2n) is 5.04. The zero-order valence-electron chi connectivity index (χ0n) is 10.8. The van der Waals surface area contributed by atoms with Gasteiger partial charge in [-0.3, -0.25) is 4.79 Å². The average molecular weight is 250 g/mol. The van der Waals surface area contributed by atoms with Crippen molar-refractivity contribution >= 4 is 11.6 Å².